The van der Waals surface area contributed by atoms with Crippen LogP contribution in [0, 0.1) is 11.8 Å². The molecule has 1 aromatic carbocycles. The lowest BCUT2D eigenvalue weighted by Gasteiger charge is -2.37. The molecule has 8 heteroatoms. The number of ether oxygens (including phenoxy) is 1. The average molecular weight is 409 g/mol. The molecule has 0 N–H and O–H groups in total. The molecule has 2 aliphatic heterocycles. The summed E-state index contributed by atoms with van der Waals surface area (Å²) in [7, 11) is -3.60. The van der Waals surface area contributed by atoms with Gasteiger partial charge in [-0.25, -0.2) is 8.42 Å². The summed E-state index contributed by atoms with van der Waals surface area (Å²) >= 11 is 0. The molecule has 0 radical (unpaired) electrons. The van der Waals surface area contributed by atoms with E-state index in [1.807, 2.05) is 0 Å². The van der Waals surface area contributed by atoms with Gasteiger partial charge in [-0.2, -0.15) is 4.31 Å². The van der Waals surface area contributed by atoms with E-state index in [4.69, 9.17) is 4.74 Å². The van der Waals surface area contributed by atoms with Crippen molar-refractivity contribution in [3.8, 4) is 0 Å². The Bertz CT molecular complexity index is 796. The van der Waals surface area contributed by atoms with Gasteiger partial charge in [0.15, 0.2) is 0 Å². The highest BCUT2D eigenvalue weighted by Crippen LogP contribution is 2.27. The molecule has 2 aliphatic rings. The Labute approximate surface area is 166 Å². The van der Waals surface area contributed by atoms with Crippen LogP contribution in [-0.4, -0.2) is 62.3 Å². The number of carbonyl (C=O) groups is 2. The highest BCUT2D eigenvalue weighted by atomic mass is 32.2. The molecule has 0 aliphatic carbocycles. The Morgan fingerprint density at radius 3 is 2.43 bits per heavy atom. The number of hydrogen-bond donors (Lipinski definition) is 0. The second-order valence-corrected chi connectivity index (χ2v) is 9.33. The summed E-state index contributed by atoms with van der Waals surface area (Å²) < 4.78 is 32.3. The minimum Gasteiger partial charge on any atom is -0.466 e. The summed E-state index contributed by atoms with van der Waals surface area (Å²) in [6.07, 6.45) is 2.80. The highest BCUT2D eigenvalue weighted by Gasteiger charge is 2.37. The SMILES string of the molecule is CCOC(=O)C1CCCN(C(=O)C2CCCN(S(=O)(=O)c3ccccc3)C2)C1. The minimum atomic E-state index is -3.60. The minimum absolute atomic E-state index is 0.0537. The average Bonchev–Trinajstić information content (AvgIpc) is 2.74. The van der Waals surface area contributed by atoms with Gasteiger partial charge in [-0.15, -0.1) is 0 Å². The van der Waals surface area contributed by atoms with Crippen molar-refractivity contribution >= 4 is 21.9 Å². The smallest absolute Gasteiger partial charge is 0.310 e. The Hall–Kier alpha value is -1.93. The van der Waals surface area contributed by atoms with Gasteiger partial charge in [0.05, 0.1) is 23.3 Å². The predicted octanol–water partition coefficient (Wildman–Crippen LogP) is 1.89. The van der Waals surface area contributed by atoms with Crippen molar-refractivity contribution in [3.05, 3.63) is 30.3 Å². The summed E-state index contributed by atoms with van der Waals surface area (Å²) in [5.41, 5.74) is 0. The number of piperidine rings is 2. The van der Waals surface area contributed by atoms with Gasteiger partial charge in [-0.05, 0) is 44.7 Å². The molecular weight excluding hydrogens is 380 g/mol. The summed E-state index contributed by atoms with van der Waals surface area (Å²) in [5.74, 6) is -0.961. The summed E-state index contributed by atoms with van der Waals surface area (Å²) in [6, 6.07) is 8.33. The third-order valence-electron chi connectivity index (χ3n) is 5.47. The van der Waals surface area contributed by atoms with Crippen molar-refractivity contribution in [2.45, 2.75) is 37.5 Å². The van der Waals surface area contributed by atoms with E-state index in [2.05, 4.69) is 0 Å². The highest BCUT2D eigenvalue weighted by molar-refractivity contribution is 7.89. The quantitative estimate of drug-likeness (QED) is 0.695. The number of esters is 1. The zero-order valence-electron chi connectivity index (χ0n) is 16.2. The molecule has 1 aromatic rings. The van der Waals surface area contributed by atoms with E-state index < -0.39 is 10.0 Å². The molecule has 3 rings (SSSR count). The van der Waals surface area contributed by atoms with Gasteiger partial charge in [-0.3, -0.25) is 9.59 Å². The van der Waals surface area contributed by atoms with Crippen LogP contribution in [0.1, 0.15) is 32.6 Å². The number of rotatable bonds is 5. The largest absolute Gasteiger partial charge is 0.466 e. The number of carbonyl (C=O) groups excluding carboxylic acids is 2. The van der Waals surface area contributed by atoms with Crippen molar-refractivity contribution in [1.29, 1.82) is 0 Å². The molecular formula is C20H28N2O5S. The van der Waals surface area contributed by atoms with Crippen LogP contribution in [0.3, 0.4) is 0 Å². The third-order valence-corrected chi connectivity index (χ3v) is 7.35. The van der Waals surface area contributed by atoms with E-state index in [1.54, 1.807) is 42.2 Å². The van der Waals surface area contributed by atoms with Crippen LogP contribution in [0.4, 0.5) is 0 Å². The Kier molecular flexibility index (Phi) is 6.72. The number of benzene rings is 1. The molecule has 1 amide bonds. The molecule has 7 nitrogen and oxygen atoms in total. The molecule has 2 atom stereocenters. The Morgan fingerprint density at radius 1 is 1.04 bits per heavy atom. The zero-order valence-corrected chi connectivity index (χ0v) is 17.1. The van der Waals surface area contributed by atoms with Crippen LogP contribution in [0.5, 0.6) is 0 Å². The first-order valence-corrected chi connectivity index (χ1v) is 11.4. The number of likely N-dealkylation sites (tertiary alicyclic amines) is 1. The molecule has 0 aromatic heterocycles. The van der Waals surface area contributed by atoms with Crippen molar-refractivity contribution in [2.24, 2.45) is 11.8 Å². The fourth-order valence-electron chi connectivity index (χ4n) is 3.99. The molecule has 0 spiro atoms. The van der Waals surface area contributed by atoms with Crippen molar-refractivity contribution in [3.63, 3.8) is 0 Å². The maximum atomic E-state index is 13.0. The molecule has 154 valence electrons. The van der Waals surface area contributed by atoms with E-state index >= 15 is 0 Å². The fraction of sp³-hybridized carbons (Fsp3) is 0.600. The van der Waals surface area contributed by atoms with Gasteiger partial charge < -0.3 is 9.64 Å². The monoisotopic (exact) mass is 408 g/mol. The molecule has 0 saturated carbocycles. The third kappa shape index (κ3) is 4.55. The second kappa shape index (κ2) is 9.05. The first-order valence-electron chi connectivity index (χ1n) is 9.94. The van der Waals surface area contributed by atoms with Crippen molar-refractivity contribution in [1.82, 2.24) is 9.21 Å². The lowest BCUT2D eigenvalue weighted by molar-refractivity contribution is -0.152. The molecule has 2 saturated heterocycles. The fourth-order valence-corrected chi connectivity index (χ4v) is 5.54. The molecule has 0 bridgehead atoms. The lowest BCUT2D eigenvalue weighted by Crippen LogP contribution is -2.50. The summed E-state index contributed by atoms with van der Waals surface area (Å²) in [6.45, 7) is 3.69. The zero-order chi connectivity index (χ0) is 20.1. The second-order valence-electron chi connectivity index (χ2n) is 7.39. The Morgan fingerprint density at radius 2 is 1.71 bits per heavy atom. The summed E-state index contributed by atoms with van der Waals surface area (Å²) in [4.78, 5) is 27.0. The van der Waals surface area contributed by atoms with Gasteiger partial charge in [0.25, 0.3) is 0 Å². The number of amides is 1. The van der Waals surface area contributed by atoms with Crippen LogP contribution in [0.15, 0.2) is 35.2 Å². The van der Waals surface area contributed by atoms with Crippen molar-refractivity contribution < 1.29 is 22.7 Å². The standard InChI is InChI=1S/C20H28N2O5S/c1-2-27-20(24)17-9-6-12-21(14-17)19(23)16-8-7-13-22(15-16)28(25,26)18-10-4-3-5-11-18/h3-5,10-11,16-17H,2,6-9,12-15H2,1H3. The topological polar surface area (TPSA) is 84.0 Å². The first kappa shape index (κ1) is 20.8. The van der Waals surface area contributed by atoms with E-state index in [1.165, 1.54) is 4.31 Å². The summed E-state index contributed by atoms with van der Waals surface area (Å²) in [5, 5.41) is 0. The van der Waals surface area contributed by atoms with E-state index in [9.17, 15) is 18.0 Å². The first-order chi connectivity index (χ1) is 13.4. The van der Waals surface area contributed by atoms with Crippen LogP contribution >= 0.6 is 0 Å². The molecule has 28 heavy (non-hydrogen) atoms. The van der Waals surface area contributed by atoms with Crippen LogP contribution in [0.2, 0.25) is 0 Å². The number of nitrogens with zero attached hydrogens (tertiary/aromatic N) is 2. The van der Waals surface area contributed by atoms with Crippen LogP contribution < -0.4 is 0 Å². The predicted molar refractivity (Wildman–Crippen MR) is 104 cm³/mol. The lowest BCUT2D eigenvalue weighted by atomic mass is 9.94. The normalized spacial score (nSPS) is 24.0. The number of sulfonamides is 1. The van der Waals surface area contributed by atoms with Gasteiger partial charge in [0.1, 0.15) is 0 Å². The van der Waals surface area contributed by atoms with E-state index in [0.29, 0.717) is 39.1 Å². The maximum absolute atomic E-state index is 13.0. The molecule has 2 fully saturated rings. The maximum Gasteiger partial charge on any atom is 0.310 e. The molecule has 2 heterocycles. The van der Waals surface area contributed by atoms with E-state index in [0.717, 1.165) is 12.8 Å². The number of hydrogen-bond acceptors (Lipinski definition) is 5. The van der Waals surface area contributed by atoms with Crippen LogP contribution in [-0.2, 0) is 24.3 Å². The van der Waals surface area contributed by atoms with Crippen LogP contribution in [0.25, 0.3) is 0 Å². The van der Waals surface area contributed by atoms with E-state index in [-0.39, 0.29) is 35.2 Å². The Balaban J connectivity index is 1.67. The van der Waals surface area contributed by atoms with Gasteiger partial charge in [0.2, 0.25) is 15.9 Å². The van der Waals surface area contributed by atoms with Crippen molar-refractivity contribution in [2.75, 3.05) is 32.8 Å². The van der Waals surface area contributed by atoms with Gasteiger partial charge in [-0.1, -0.05) is 18.2 Å². The van der Waals surface area contributed by atoms with Gasteiger partial charge >= 0.3 is 5.97 Å². The van der Waals surface area contributed by atoms with Gasteiger partial charge in [0, 0.05) is 26.2 Å². The molecule has 2 unspecified atom stereocenters.